The van der Waals surface area contributed by atoms with E-state index in [1.54, 1.807) is 23.0 Å². The van der Waals surface area contributed by atoms with E-state index in [4.69, 9.17) is 9.72 Å². The van der Waals surface area contributed by atoms with Crippen molar-refractivity contribution < 1.29 is 30.7 Å². The molecule has 0 atom stereocenters. The predicted molar refractivity (Wildman–Crippen MR) is 180 cm³/mol. The molecule has 0 aliphatic carbocycles. The number of hydrogen-bond donors (Lipinski definition) is 0. The first-order chi connectivity index (χ1) is 22.1. The van der Waals surface area contributed by atoms with Crippen molar-refractivity contribution in [1.29, 1.82) is 0 Å². The standard InChI is InChI=1S/C38H31N5O3.Pt/c1-24-17-29(43(44)45)18-25(2)37(24)26-22-40-41(23-26)28-9-8-10-30(20-28)46-31-13-14-33-32-11-6-7-12-34(32)42(35(33)21-31)36-19-27(15-16-39-36)38(3,4)5;/h6-19,22-23H,1-5H3;/q-2;+2. The average Bonchev–Trinajstić information content (AvgIpc) is 3.63. The fraction of sp³-hybridized carbons (Fsp3) is 0.158. The van der Waals surface area contributed by atoms with Crippen molar-refractivity contribution in [3.63, 3.8) is 0 Å². The smallest absolute Gasteiger partial charge is 0.509 e. The van der Waals surface area contributed by atoms with Gasteiger partial charge in [0.1, 0.15) is 5.82 Å². The van der Waals surface area contributed by atoms with Crippen LogP contribution in [0.3, 0.4) is 0 Å². The molecule has 0 saturated heterocycles. The van der Waals surface area contributed by atoms with Gasteiger partial charge in [-0.3, -0.25) is 14.8 Å². The summed E-state index contributed by atoms with van der Waals surface area (Å²) >= 11 is 0. The van der Waals surface area contributed by atoms with Crippen LogP contribution in [0, 0.1) is 36.1 Å². The van der Waals surface area contributed by atoms with Crippen LogP contribution in [0.5, 0.6) is 11.5 Å². The maximum Gasteiger partial charge on any atom is 2.00 e. The fourth-order valence-electron chi connectivity index (χ4n) is 6.01. The first kappa shape index (κ1) is 31.9. The molecule has 0 radical (unpaired) electrons. The van der Waals surface area contributed by atoms with Crippen LogP contribution in [0.2, 0.25) is 0 Å². The van der Waals surface area contributed by atoms with Crippen molar-refractivity contribution in [2.24, 2.45) is 0 Å². The average molecular weight is 801 g/mol. The summed E-state index contributed by atoms with van der Waals surface area (Å²) in [5.74, 6) is 1.90. The van der Waals surface area contributed by atoms with Crippen LogP contribution < -0.4 is 4.74 Å². The fourth-order valence-corrected chi connectivity index (χ4v) is 6.01. The minimum Gasteiger partial charge on any atom is -0.509 e. The van der Waals surface area contributed by atoms with Gasteiger partial charge in [0, 0.05) is 47.1 Å². The zero-order chi connectivity index (χ0) is 32.2. The number of rotatable bonds is 6. The number of ether oxygens (including phenoxy) is 1. The molecular formula is C38H31N5O3Pt. The number of nitro benzene ring substituents is 1. The molecule has 0 aliphatic heterocycles. The summed E-state index contributed by atoms with van der Waals surface area (Å²) in [6, 6.07) is 32.1. The molecule has 0 saturated carbocycles. The van der Waals surface area contributed by atoms with E-state index >= 15 is 0 Å². The third-order valence-electron chi connectivity index (χ3n) is 8.22. The summed E-state index contributed by atoms with van der Waals surface area (Å²) in [5.41, 5.74) is 7.28. The molecule has 47 heavy (non-hydrogen) atoms. The van der Waals surface area contributed by atoms with E-state index in [0.717, 1.165) is 49.9 Å². The van der Waals surface area contributed by atoms with Gasteiger partial charge in [0.25, 0.3) is 5.69 Å². The summed E-state index contributed by atoms with van der Waals surface area (Å²) < 4.78 is 10.2. The summed E-state index contributed by atoms with van der Waals surface area (Å²) in [6.07, 6.45) is 5.51. The minimum absolute atomic E-state index is 0. The van der Waals surface area contributed by atoms with Gasteiger partial charge >= 0.3 is 21.1 Å². The van der Waals surface area contributed by atoms with Gasteiger partial charge in [0.2, 0.25) is 0 Å². The second-order valence-electron chi connectivity index (χ2n) is 12.5. The Morgan fingerprint density at radius 1 is 0.872 bits per heavy atom. The quantitative estimate of drug-likeness (QED) is 0.0952. The van der Waals surface area contributed by atoms with Gasteiger partial charge in [0.05, 0.1) is 11.1 Å². The van der Waals surface area contributed by atoms with Gasteiger partial charge in [-0.1, -0.05) is 44.5 Å². The maximum absolute atomic E-state index is 11.3. The second-order valence-corrected chi connectivity index (χ2v) is 12.5. The van der Waals surface area contributed by atoms with Crippen molar-refractivity contribution in [1.82, 2.24) is 19.3 Å². The molecule has 7 aromatic rings. The first-order valence-electron chi connectivity index (χ1n) is 15.0. The molecular weight excluding hydrogens is 770 g/mol. The zero-order valence-corrected chi connectivity index (χ0v) is 28.8. The molecule has 0 fully saturated rings. The van der Waals surface area contributed by atoms with Crippen molar-refractivity contribution in [3.05, 3.63) is 136 Å². The minimum atomic E-state index is -0.371. The second kappa shape index (κ2) is 12.3. The number of nitrogens with zero attached hydrogens (tertiary/aromatic N) is 5. The maximum atomic E-state index is 11.3. The molecule has 0 unspecified atom stereocenters. The van der Waals surface area contributed by atoms with Crippen LogP contribution in [0.1, 0.15) is 37.5 Å². The Morgan fingerprint density at radius 2 is 1.62 bits per heavy atom. The summed E-state index contributed by atoms with van der Waals surface area (Å²) in [6.45, 7) is 10.3. The number of aromatic nitrogens is 4. The van der Waals surface area contributed by atoms with Gasteiger partial charge in [-0.05, 0) is 70.8 Å². The number of non-ortho nitro benzene ring substituents is 1. The van der Waals surface area contributed by atoms with Crippen LogP contribution in [0.25, 0.3) is 44.4 Å². The molecule has 8 nitrogen and oxygen atoms in total. The molecule has 4 aromatic carbocycles. The van der Waals surface area contributed by atoms with Gasteiger partial charge in [-0.25, -0.2) is 4.98 Å². The monoisotopic (exact) mass is 800 g/mol. The Hall–Kier alpha value is -5.07. The van der Waals surface area contributed by atoms with Gasteiger partial charge in [-0.2, -0.15) is 17.2 Å². The summed E-state index contributed by atoms with van der Waals surface area (Å²) in [7, 11) is 0. The van der Waals surface area contributed by atoms with E-state index in [-0.39, 0.29) is 37.1 Å². The van der Waals surface area contributed by atoms with Crippen LogP contribution in [-0.4, -0.2) is 24.3 Å². The van der Waals surface area contributed by atoms with Gasteiger partial charge in [-0.15, -0.1) is 35.7 Å². The Balaban J connectivity index is 0.00000386. The van der Waals surface area contributed by atoms with E-state index in [9.17, 15) is 10.1 Å². The molecule has 0 N–H and O–H groups in total. The Bertz CT molecular complexity index is 2270. The number of aryl methyl sites for hydroxylation is 2. The van der Waals surface area contributed by atoms with Crippen molar-refractivity contribution in [2.45, 2.75) is 40.0 Å². The van der Waals surface area contributed by atoms with E-state index < -0.39 is 0 Å². The molecule has 0 amide bonds. The van der Waals surface area contributed by atoms with Crippen LogP contribution >= 0.6 is 0 Å². The number of hydrogen-bond acceptors (Lipinski definition) is 5. The summed E-state index contributed by atoms with van der Waals surface area (Å²) in [5, 5.41) is 18.0. The molecule has 3 heterocycles. The summed E-state index contributed by atoms with van der Waals surface area (Å²) in [4.78, 5) is 15.7. The van der Waals surface area contributed by atoms with E-state index in [0.29, 0.717) is 17.2 Å². The first-order valence-corrected chi connectivity index (χ1v) is 15.0. The van der Waals surface area contributed by atoms with E-state index in [1.807, 2.05) is 62.6 Å². The largest absolute Gasteiger partial charge is 2.00 e. The van der Waals surface area contributed by atoms with E-state index in [1.165, 1.54) is 5.56 Å². The van der Waals surface area contributed by atoms with Gasteiger partial charge in [0.15, 0.2) is 0 Å². The van der Waals surface area contributed by atoms with Crippen molar-refractivity contribution >= 4 is 27.5 Å². The third kappa shape index (κ3) is 5.97. The van der Waals surface area contributed by atoms with Crippen molar-refractivity contribution in [3.8, 4) is 34.1 Å². The topological polar surface area (TPSA) is 88.0 Å². The SMILES string of the molecule is Cc1cc([N+](=O)[O-])cc(C)c1-c1cnn(-c2[c-]c(Oc3[c-]c4c(cc3)c3ccccc3n4-c3cc(C(C)(C)C)ccn3)ccc2)c1.[Pt+2]. The number of pyridine rings is 1. The third-order valence-corrected chi connectivity index (χ3v) is 8.22. The van der Waals surface area contributed by atoms with E-state index in [2.05, 4.69) is 72.9 Å². The molecule has 0 spiro atoms. The Labute approximate surface area is 287 Å². The van der Waals surface area contributed by atoms with Crippen molar-refractivity contribution in [2.75, 3.05) is 0 Å². The number of para-hydroxylation sites is 1. The Morgan fingerprint density at radius 3 is 2.36 bits per heavy atom. The zero-order valence-electron chi connectivity index (χ0n) is 26.5. The normalized spacial score (nSPS) is 11.5. The molecule has 236 valence electrons. The molecule has 7 rings (SSSR count). The molecule has 9 heteroatoms. The van der Waals surface area contributed by atoms with Crippen LogP contribution in [-0.2, 0) is 26.5 Å². The van der Waals surface area contributed by atoms with Gasteiger partial charge < -0.3 is 9.30 Å². The predicted octanol–water partition coefficient (Wildman–Crippen LogP) is 9.24. The molecule has 3 aromatic heterocycles. The number of benzene rings is 4. The molecule has 0 aliphatic rings. The Kier molecular flexibility index (Phi) is 8.32. The molecule has 0 bridgehead atoms. The van der Waals surface area contributed by atoms with Crippen LogP contribution in [0.15, 0.2) is 97.5 Å². The number of fused-ring (bicyclic) bond motifs is 3. The van der Waals surface area contributed by atoms with Crippen LogP contribution in [0.4, 0.5) is 5.69 Å². The number of nitro groups is 1.